The van der Waals surface area contributed by atoms with Gasteiger partial charge in [-0.05, 0) is 61.0 Å². The van der Waals surface area contributed by atoms with Crippen molar-refractivity contribution in [3.63, 3.8) is 0 Å². The normalized spacial score (nSPS) is 11.2. The zero-order valence-electron chi connectivity index (χ0n) is 10.8. The minimum atomic E-state index is -0.268. The molecule has 0 spiro atoms. The summed E-state index contributed by atoms with van der Waals surface area (Å²) in [5, 5.41) is 13.3. The molecular weight excluding hydrogens is 320 g/mol. The summed E-state index contributed by atoms with van der Waals surface area (Å²) in [6.07, 6.45) is 0. The van der Waals surface area contributed by atoms with E-state index in [-0.39, 0.29) is 11.7 Å². The first kappa shape index (κ1) is 14.3. The molecule has 0 aliphatic carbocycles. The van der Waals surface area contributed by atoms with Gasteiger partial charge in [0, 0.05) is 10.0 Å². The Morgan fingerprint density at radius 2 is 1.60 bits per heavy atom. The monoisotopic (exact) mass is 332 g/mol. The van der Waals surface area contributed by atoms with Crippen LogP contribution >= 0.6 is 15.9 Å². The van der Waals surface area contributed by atoms with Gasteiger partial charge in [0.1, 0.15) is 5.75 Å². The van der Waals surface area contributed by atoms with Crippen LogP contribution in [0.15, 0.2) is 58.1 Å². The number of phenolic OH excluding ortho intramolecular Hbond substituents is 1. The van der Waals surface area contributed by atoms with E-state index in [1.165, 1.54) is 0 Å². The molecule has 20 heavy (non-hydrogen) atoms. The third-order valence-electron chi connectivity index (χ3n) is 2.72. The first-order valence-electron chi connectivity index (χ1n) is 5.96. The number of hydrogen-bond donors (Lipinski definition) is 2. The summed E-state index contributed by atoms with van der Waals surface area (Å²) < 4.78 is 0.915. The number of nitrogens with one attached hydrogen (secondary N) is 1. The molecule has 2 aromatic rings. The third kappa shape index (κ3) is 3.68. The topological polar surface area (TPSA) is 61.7 Å². The van der Waals surface area contributed by atoms with E-state index in [0.717, 1.165) is 10.0 Å². The second-order valence-corrected chi connectivity index (χ2v) is 5.11. The number of halogens is 1. The Hall–Kier alpha value is -2.14. The number of benzene rings is 2. The summed E-state index contributed by atoms with van der Waals surface area (Å²) >= 11 is 3.31. The van der Waals surface area contributed by atoms with Crippen molar-refractivity contribution in [2.45, 2.75) is 6.92 Å². The molecule has 0 heterocycles. The SMILES string of the molecule is C/C(=N/NC(=O)c1ccc(Br)cc1)c1ccc(O)cc1. The molecule has 2 rings (SSSR count). The van der Waals surface area contributed by atoms with Gasteiger partial charge < -0.3 is 5.11 Å². The number of hydrazone groups is 1. The predicted octanol–water partition coefficient (Wildman–Crippen LogP) is 3.31. The number of phenols is 1. The minimum absolute atomic E-state index is 0.195. The highest BCUT2D eigenvalue weighted by Crippen LogP contribution is 2.11. The molecule has 0 bridgehead atoms. The molecule has 1 amide bonds. The molecule has 2 aromatic carbocycles. The summed E-state index contributed by atoms with van der Waals surface area (Å²) in [6, 6.07) is 13.6. The lowest BCUT2D eigenvalue weighted by Crippen LogP contribution is -2.19. The molecule has 0 fully saturated rings. The van der Waals surface area contributed by atoms with Crippen molar-refractivity contribution in [1.29, 1.82) is 0 Å². The highest BCUT2D eigenvalue weighted by atomic mass is 79.9. The molecule has 0 aliphatic heterocycles. The second kappa shape index (κ2) is 6.34. The Labute approximate surface area is 125 Å². The van der Waals surface area contributed by atoms with Crippen molar-refractivity contribution >= 4 is 27.5 Å². The van der Waals surface area contributed by atoms with Crippen molar-refractivity contribution in [2.24, 2.45) is 5.10 Å². The van der Waals surface area contributed by atoms with Crippen LogP contribution in [0.25, 0.3) is 0 Å². The van der Waals surface area contributed by atoms with Crippen LogP contribution in [0.5, 0.6) is 5.75 Å². The first-order valence-corrected chi connectivity index (χ1v) is 6.75. The molecule has 0 aliphatic rings. The molecule has 5 heteroatoms. The van der Waals surface area contributed by atoms with Gasteiger partial charge in [-0.2, -0.15) is 5.10 Å². The number of aromatic hydroxyl groups is 1. The van der Waals surface area contributed by atoms with Gasteiger partial charge >= 0.3 is 0 Å². The Kier molecular flexibility index (Phi) is 4.53. The highest BCUT2D eigenvalue weighted by molar-refractivity contribution is 9.10. The van der Waals surface area contributed by atoms with Crippen molar-refractivity contribution in [3.8, 4) is 5.75 Å². The number of carbonyl (C=O) groups excluding carboxylic acids is 1. The lowest BCUT2D eigenvalue weighted by atomic mass is 10.1. The Bertz CT molecular complexity index is 634. The predicted molar refractivity (Wildman–Crippen MR) is 81.9 cm³/mol. The first-order chi connectivity index (χ1) is 9.56. The highest BCUT2D eigenvalue weighted by Gasteiger charge is 2.04. The van der Waals surface area contributed by atoms with E-state index in [1.54, 1.807) is 55.5 Å². The molecule has 102 valence electrons. The largest absolute Gasteiger partial charge is 0.508 e. The maximum absolute atomic E-state index is 11.9. The van der Waals surface area contributed by atoms with Gasteiger partial charge in [-0.1, -0.05) is 15.9 Å². The molecule has 0 saturated carbocycles. The molecule has 0 unspecified atom stereocenters. The Morgan fingerprint density at radius 3 is 2.20 bits per heavy atom. The minimum Gasteiger partial charge on any atom is -0.508 e. The fourth-order valence-electron chi connectivity index (χ4n) is 1.57. The Morgan fingerprint density at radius 1 is 1.05 bits per heavy atom. The summed E-state index contributed by atoms with van der Waals surface area (Å²) in [5.74, 6) is -0.0731. The number of nitrogens with zero attached hydrogens (tertiary/aromatic N) is 1. The fraction of sp³-hybridized carbons (Fsp3) is 0.0667. The number of hydrogen-bond acceptors (Lipinski definition) is 3. The average Bonchev–Trinajstić information content (AvgIpc) is 2.46. The number of rotatable bonds is 3. The van der Waals surface area contributed by atoms with Gasteiger partial charge in [-0.25, -0.2) is 5.43 Å². The zero-order valence-corrected chi connectivity index (χ0v) is 12.4. The zero-order chi connectivity index (χ0) is 14.5. The summed E-state index contributed by atoms with van der Waals surface area (Å²) in [7, 11) is 0. The standard InChI is InChI=1S/C15H13BrN2O2/c1-10(11-4-8-14(19)9-5-11)17-18-15(20)12-2-6-13(16)7-3-12/h2-9,19H,1H3,(H,18,20)/b17-10-. The lowest BCUT2D eigenvalue weighted by Gasteiger charge is -2.03. The van der Waals surface area contributed by atoms with Crippen LogP contribution < -0.4 is 5.43 Å². The smallest absolute Gasteiger partial charge is 0.271 e. The second-order valence-electron chi connectivity index (χ2n) is 4.19. The van der Waals surface area contributed by atoms with Gasteiger partial charge in [0.2, 0.25) is 0 Å². The van der Waals surface area contributed by atoms with Crippen LogP contribution in [-0.4, -0.2) is 16.7 Å². The summed E-state index contributed by atoms with van der Waals surface area (Å²) in [4.78, 5) is 11.9. The molecular formula is C15H13BrN2O2. The van der Waals surface area contributed by atoms with E-state index in [4.69, 9.17) is 0 Å². The van der Waals surface area contributed by atoms with Crippen LogP contribution in [0.4, 0.5) is 0 Å². The van der Waals surface area contributed by atoms with E-state index >= 15 is 0 Å². The van der Waals surface area contributed by atoms with E-state index in [0.29, 0.717) is 11.3 Å². The fourth-order valence-corrected chi connectivity index (χ4v) is 1.83. The van der Waals surface area contributed by atoms with Crippen LogP contribution in [0.3, 0.4) is 0 Å². The lowest BCUT2D eigenvalue weighted by molar-refractivity contribution is 0.0955. The maximum Gasteiger partial charge on any atom is 0.271 e. The Balaban J connectivity index is 2.06. The van der Waals surface area contributed by atoms with E-state index in [2.05, 4.69) is 26.5 Å². The van der Waals surface area contributed by atoms with Gasteiger partial charge in [0.25, 0.3) is 5.91 Å². The molecule has 4 nitrogen and oxygen atoms in total. The van der Waals surface area contributed by atoms with Gasteiger partial charge in [-0.3, -0.25) is 4.79 Å². The van der Waals surface area contributed by atoms with Crippen LogP contribution in [0.2, 0.25) is 0 Å². The quantitative estimate of drug-likeness (QED) is 0.669. The third-order valence-corrected chi connectivity index (χ3v) is 3.25. The van der Waals surface area contributed by atoms with Crippen LogP contribution in [-0.2, 0) is 0 Å². The van der Waals surface area contributed by atoms with Gasteiger partial charge in [-0.15, -0.1) is 0 Å². The van der Waals surface area contributed by atoms with Crippen molar-refractivity contribution in [3.05, 3.63) is 64.1 Å². The van der Waals surface area contributed by atoms with E-state index in [9.17, 15) is 9.90 Å². The molecule has 2 N–H and O–H groups in total. The van der Waals surface area contributed by atoms with Gasteiger partial charge in [0.15, 0.2) is 0 Å². The van der Waals surface area contributed by atoms with Crippen LogP contribution in [0.1, 0.15) is 22.8 Å². The maximum atomic E-state index is 11.9. The molecule has 0 aromatic heterocycles. The number of amides is 1. The van der Waals surface area contributed by atoms with Gasteiger partial charge in [0.05, 0.1) is 5.71 Å². The summed E-state index contributed by atoms with van der Waals surface area (Å²) in [6.45, 7) is 1.79. The van der Waals surface area contributed by atoms with Crippen LogP contribution in [0, 0.1) is 0 Å². The summed E-state index contributed by atoms with van der Waals surface area (Å²) in [5.41, 5.74) is 4.53. The number of carbonyl (C=O) groups is 1. The van der Waals surface area contributed by atoms with Crippen molar-refractivity contribution in [1.82, 2.24) is 5.43 Å². The van der Waals surface area contributed by atoms with Crippen molar-refractivity contribution < 1.29 is 9.90 Å². The van der Waals surface area contributed by atoms with Crippen molar-refractivity contribution in [2.75, 3.05) is 0 Å². The van der Waals surface area contributed by atoms with E-state index < -0.39 is 0 Å². The molecule has 0 saturated heterocycles. The average molecular weight is 333 g/mol. The molecule has 0 radical (unpaired) electrons. The van der Waals surface area contributed by atoms with E-state index in [1.807, 2.05) is 0 Å². The molecule has 0 atom stereocenters.